The molecule has 0 aliphatic carbocycles. The van der Waals surface area contributed by atoms with Crippen LogP contribution in [-0.4, -0.2) is 46.4 Å². The van der Waals surface area contributed by atoms with Crippen molar-refractivity contribution in [3.8, 4) is 17.0 Å². The molecule has 0 aliphatic heterocycles. The van der Waals surface area contributed by atoms with Crippen molar-refractivity contribution in [3.63, 3.8) is 0 Å². The number of anilines is 3. The number of aromatic nitrogens is 4. The van der Waals surface area contributed by atoms with Gasteiger partial charge in [0.15, 0.2) is 5.75 Å². The van der Waals surface area contributed by atoms with Crippen molar-refractivity contribution < 1.29 is 35.5 Å². The van der Waals surface area contributed by atoms with Gasteiger partial charge in [0.25, 0.3) is 5.91 Å². The number of ether oxygens (including phenoxy) is 1. The number of carbonyl (C=O) groups excluding carboxylic acids is 1. The molecule has 0 saturated carbocycles. The number of rotatable bonds is 10. The van der Waals surface area contributed by atoms with Crippen LogP contribution in [0.25, 0.3) is 11.3 Å². The van der Waals surface area contributed by atoms with Crippen LogP contribution >= 0.6 is 0 Å². The minimum Gasteiger partial charge on any atom is -0.487 e. The summed E-state index contributed by atoms with van der Waals surface area (Å²) in [6, 6.07) is 8.92. The Bertz CT molecular complexity index is 1620. The predicted octanol–water partition coefficient (Wildman–Crippen LogP) is 4.04. The highest BCUT2D eigenvalue weighted by atomic mass is 32.2. The summed E-state index contributed by atoms with van der Waals surface area (Å²) in [6.45, 7) is 1.54. The quantitative estimate of drug-likeness (QED) is 0.204. The van der Waals surface area contributed by atoms with Gasteiger partial charge in [0.05, 0.1) is 23.8 Å². The zero-order valence-corrected chi connectivity index (χ0v) is 21.4. The van der Waals surface area contributed by atoms with Crippen LogP contribution in [0.3, 0.4) is 0 Å². The van der Waals surface area contributed by atoms with Crippen molar-refractivity contribution in [1.82, 2.24) is 20.2 Å². The molecule has 2 aromatic heterocycles. The first-order valence-electron chi connectivity index (χ1n) is 11.3. The molecule has 5 N–H and O–H groups in total. The number of halogens is 4. The van der Waals surface area contributed by atoms with Crippen LogP contribution in [0.2, 0.25) is 0 Å². The molecule has 0 spiro atoms. The summed E-state index contributed by atoms with van der Waals surface area (Å²) in [6.07, 6.45) is -2.08. The van der Waals surface area contributed by atoms with Crippen LogP contribution in [0.4, 0.5) is 34.9 Å². The molecule has 0 fully saturated rings. The molecular weight excluding hydrogens is 558 g/mol. The van der Waals surface area contributed by atoms with Gasteiger partial charge in [-0.1, -0.05) is 18.2 Å². The highest BCUT2D eigenvalue weighted by molar-refractivity contribution is 7.92. The van der Waals surface area contributed by atoms with E-state index in [2.05, 4.69) is 25.5 Å². The molecular formula is C24H21F4N7O4S. The fraction of sp³-hybridized carbons (Fsp3) is 0.167. The average molecular weight is 580 g/mol. The van der Waals surface area contributed by atoms with Crippen molar-refractivity contribution in [1.29, 1.82) is 0 Å². The molecule has 2 heterocycles. The topological polar surface area (TPSA) is 165 Å². The third-order valence-corrected chi connectivity index (χ3v) is 6.47. The van der Waals surface area contributed by atoms with E-state index in [1.54, 1.807) is 6.92 Å². The number of nitrogens with one attached hydrogen (secondary N) is 3. The Morgan fingerprint density at radius 2 is 1.82 bits per heavy atom. The zero-order valence-electron chi connectivity index (χ0n) is 20.6. The second kappa shape index (κ2) is 11.2. The lowest BCUT2D eigenvalue weighted by Crippen LogP contribution is -2.28. The van der Waals surface area contributed by atoms with Gasteiger partial charge in [-0.2, -0.15) is 18.3 Å². The molecule has 4 aromatic rings. The average Bonchev–Trinajstić information content (AvgIpc) is 3.28. The molecule has 0 unspecified atom stereocenters. The summed E-state index contributed by atoms with van der Waals surface area (Å²) < 4.78 is 83.5. The van der Waals surface area contributed by atoms with Crippen LogP contribution in [-0.2, 0) is 16.6 Å². The number of hydrogen-bond acceptors (Lipinski definition) is 8. The molecule has 0 saturated heterocycles. The van der Waals surface area contributed by atoms with E-state index >= 15 is 0 Å². The lowest BCUT2D eigenvalue weighted by molar-refractivity contribution is -0.106. The first-order valence-corrected chi connectivity index (χ1v) is 13.0. The maximum Gasteiger partial charge on any atom is 0.404 e. The number of sulfonamides is 1. The maximum absolute atomic E-state index is 13.3. The van der Waals surface area contributed by atoms with E-state index in [1.807, 2.05) is 4.72 Å². The molecule has 16 heteroatoms. The maximum atomic E-state index is 13.3. The highest BCUT2D eigenvalue weighted by Gasteiger charge is 2.35. The number of aromatic amines is 1. The molecule has 1 amide bonds. The molecule has 11 nitrogen and oxygen atoms in total. The number of nitrogens with two attached hydrogens (primary N) is 1. The van der Waals surface area contributed by atoms with Crippen LogP contribution in [0.5, 0.6) is 5.75 Å². The number of H-pyrrole nitrogens is 1. The van der Waals surface area contributed by atoms with Crippen LogP contribution in [0.1, 0.15) is 21.6 Å². The van der Waals surface area contributed by atoms with Gasteiger partial charge in [-0.25, -0.2) is 17.8 Å². The molecule has 210 valence electrons. The number of nitrogens with zero attached hydrogens (tertiary/aromatic N) is 3. The van der Waals surface area contributed by atoms with Gasteiger partial charge in [-0.3, -0.25) is 19.6 Å². The summed E-state index contributed by atoms with van der Waals surface area (Å²) in [5.41, 5.74) is 6.59. The third-order valence-electron chi connectivity index (χ3n) is 5.23. The summed E-state index contributed by atoms with van der Waals surface area (Å²) in [4.78, 5) is 20.6. The Hall–Kier alpha value is -4.73. The summed E-state index contributed by atoms with van der Waals surface area (Å²) in [5.74, 6) is -3.32. The zero-order chi connectivity index (χ0) is 29.1. The van der Waals surface area contributed by atoms with E-state index in [0.29, 0.717) is 11.3 Å². The predicted molar refractivity (Wildman–Crippen MR) is 137 cm³/mol. The Balaban J connectivity index is 1.71. The van der Waals surface area contributed by atoms with E-state index in [1.165, 1.54) is 48.8 Å². The van der Waals surface area contributed by atoms with E-state index in [0.717, 1.165) is 6.07 Å². The Morgan fingerprint density at radius 1 is 1.10 bits per heavy atom. The number of benzene rings is 2. The molecule has 0 aliphatic rings. The third kappa shape index (κ3) is 7.22. The number of alkyl halides is 3. The largest absolute Gasteiger partial charge is 0.487 e. The number of primary amides is 1. The lowest BCUT2D eigenvalue weighted by Gasteiger charge is -2.16. The summed E-state index contributed by atoms with van der Waals surface area (Å²) in [5, 5.41) is 9.61. The Morgan fingerprint density at radius 3 is 2.45 bits per heavy atom. The number of hydrogen-bond donors (Lipinski definition) is 4. The molecule has 2 aromatic carbocycles. The second-order valence-electron chi connectivity index (χ2n) is 8.46. The van der Waals surface area contributed by atoms with Gasteiger partial charge in [0.2, 0.25) is 10.0 Å². The second-order valence-corrected chi connectivity index (χ2v) is 10.2. The van der Waals surface area contributed by atoms with Gasteiger partial charge in [0.1, 0.15) is 41.1 Å². The highest BCUT2D eigenvalue weighted by Crippen LogP contribution is 2.35. The summed E-state index contributed by atoms with van der Waals surface area (Å²) >= 11 is 0. The van der Waals surface area contributed by atoms with E-state index in [-0.39, 0.29) is 46.5 Å². The molecule has 40 heavy (non-hydrogen) atoms. The minimum atomic E-state index is -4.99. The Labute approximate surface area is 224 Å². The van der Waals surface area contributed by atoms with E-state index in [9.17, 15) is 30.8 Å². The fourth-order valence-electron chi connectivity index (χ4n) is 3.50. The molecule has 0 radical (unpaired) electrons. The SMILES string of the molecule is Cc1cnc(Nc2[nH]nc(-c3ccc(NS(=O)(=O)CC(F)(F)F)c(OCc4ccc(F)cc4)c3)c2C(N)=O)cn1. The van der Waals surface area contributed by atoms with E-state index in [4.69, 9.17) is 10.5 Å². The van der Waals surface area contributed by atoms with Crippen molar-refractivity contribution in [3.05, 3.63) is 77.5 Å². The number of aryl methyl sites for hydroxylation is 1. The van der Waals surface area contributed by atoms with Gasteiger partial charge < -0.3 is 15.8 Å². The monoisotopic (exact) mass is 579 g/mol. The van der Waals surface area contributed by atoms with Crippen molar-refractivity contribution in [2.75, 3.05) is 15.8 Å². The van der Waals surface area contributed by atoms with Crippen LogP contribution < -0.4 is 20.5 Å². The van der Waals surface area contributed by atoms with Gasteiger partial charge >= 0.3 is 6.18 Å². The van der Waals surface area contributed by atoms with Gasteiger partial charge in [0, 0.05) is 5.56 Å². The van der Waals surface area contributed by atoms with Crippen molar-refractivity contribution in [2.24, 2.45) is 5.73 Å². The first kappa shape index (κ1) is 28.3. The van der Waals surface area contributed by atoms with Gasteiger partial charge in [-0.05, 0) is 36.8 Å². The first-order chi connectivity index (χ1) is 18.8. The Kier molecular flexibility index (Phi) is 7.90. The van der Waals surface area contributed by atoms with Crippen molar-refractivity contribution in [2.45, 2.75) is 19.7 Å². The fourth-order valence-corrected chi connectivity index (χ4v) is 4.51. The van der Waals surface area contributed by atoms with Crippen molar-refractivity contribution >= 4 is 33.3 Å². The minimum absolute atomic E-state index is 0.0337. The normalized spacial score (nSPS) is 11.7. The standard InChI is InChI=1S/C24H21F4N7O4S/c1-13-9-31-19(10-30-13)32-23-20(22(29)36)21(33-34-23)15-4-7-17(35-40(37,38)12-24(26,27)28)18(8-15)39-11-14-2-5-16(25)6-3-14/h2-10,35H,11-12H2,1H3,(H2,29,36)(H2,31,32,33,34). The molecule has 0 bridgehead atoms. The summed E-state index contributed by atoms with van der Waals surface area (Å²) in [7, 11) is -4.86. The van der Waals surface area contributed by atoms with Gasteiger partial charge in [-0.15, -0.1) is 0 Å². The number of amides is 1. The number of carbonyl (C=O) groups is 1. The van der Waals surface area contributed by atoms with Crippen LogP contribution in [0, 0.1) is 12.7 Å². The molecule has 0 atom stereocenters. The smallest absolute Gasteiger partial charge is 0.404 e. The molecule has 4 rings (SSSR count). The lowest BCUT2D eigenvalue weighted by atomic mass is 10.1. The van der Waals surface area contributed by atoms with Crippen LogP contribution in [0.15, 0.2) is 54.9 Å². The van der Waals surface area contributed by atoms with E-state index < -0.39 is 33.7 Å².